The first kappa shape index (κ1) is 14.0. The monoisotopic (exact) mass is 300 g/mol. The molecule has 0 heterocycles. The first-order valence-corrected chi connectivity index (χ1v) is 6.62. The third-order valence-corrected chi connectivity index (χ3v) is 3.14. The Balaban J connectivity index is 2.45. The van der Waals surface area contributed by atoms with Crippen molar-refractivity contribution in [2.45, 2.75) is 32.6 Å². The summed E-state index contributed by atoms with van der Waals surface area (Å²) >= 11 is 3.20. The summed E-state index contributed by atoms with van der Waals surface area (Å²) in [5.41, 5.74) is 1.01. The van der Waals surface area contributed by atoms with Crippen molar-refractivity contribution >= 4 is 27.3 Å². The first-order chi connectivity index (χ1) is 8.15. The van der Waals surface area contributed by atoms with Crippen molar-refractivity contribution in [3.8, 4) is 0 Å². The highest BCUT2D eigenvalue weighted by atomic mass is 79.9. The summed E-state index contributed by atoms with van der Waals surface area (Å²) in [7, 11) is 0. The number of anilines is 1. The van der Waals surface area contributed by atoms with Gasteiger partial charge in [0.1, 0.15) is 0 Å². The zero-order chi connectivity index (χ0) is 12.7. The number of nitrogens with zero attached hydrogens (tertiary/aromatic N) is 1. The van der Waals surface area contributed by atoms with Gasteiger partial charge in [0.05, 0.1) is 9.40 Å². The van der Waals surface area contributed by atoms with Crippen LogP contribution in [0.4, 0.5) is 11.4 Å². The molecule has 1 aromatic carbocycles. The average Bonchev–Trinajstić information content (AvgIpc) is 2.28. The number of halogens is 1. The lowest BCUT2D eigenvalue weighted by molar-refractivity contribution is -0.385. The van der Waals surface area contributed by atoms with Crippen LogP contribution in [0, 0.1) is 10.1 Å². The van der Waals surface area contributed by atoms with E-state index in [9.17, 15) is 10.1 Å². The fraction of sp³-hybridized carbons (Fsp3) is 0.500. The van der Waals surface area contributed by atoms with E-state index in [1.807, 2.05) is 0 Å². The molecule has 17 heavy (non-hydrogen) atoms. The maximum absolute atomic E-state index is 10.6. The highest BCUT2D eigenvalue weighted by molar-refractivity contribution is 9.10. The van der Waals surface area contributed by atoms with Crippen molar-refractivity contribution in [2.24, 2.45) is 0 Å². The Morgan fingerprint density at radius 2 is 2.12 bits per heavy atom. The molecule has 0 fully saturated rings. The fourth-order valence-electron chi connectivity index (χ4n) is 1.55. The van der Waals surface area contributed by atoms with Crippen LogP contribution in [0.3, 0.4) is 0 Å². The molecule has 0 unspecified atom stereocenters. The molecule has 1 N–H and O–H groups in total. The number of nitro benzene ring substituents is 1. The van der Waals surface area contributed by atoms with Crippen LogP contribution in [0.2, 0.25) is 0 Å². The summed E-state index contributed by atoms with van der Waals surface area (Å²) in [5, 5.41) is 13.9. The smallest absolute Gasteiger partial charge is 0.283 e. The summed E-state index contributed by atoms with van der Waals surface area (Å²) in [5.74, 6) is 0. The minimum atomic E-state index is -0.394. The Kier molecular flexibility index (Phi) is 5.97. The molecule has 5 heteroatoms. The molecule has 0 saturated heterocycles. The molecule has 1 rings (SSSR count). The molecule has 0 spiro atoms. The predicted octanol–water partition coefficient (Wildman–Crippen LogP) is 4.35. The van der Waals surface area contributed by atoms with Crippen LogP contribution in [0.5, 0.6) is 0 Å². The Morgan fingerprint density at radius 1 is 1.35 bits per heavy atom. The van der Waals surface area contributed by atoms with E-state index in [2.05, 4.69) is 28.2 Å². The minimum absolute atomic E-state index is 0.0986. The number of unbranched alkanes of at least 4 members (excludes halogenated alkanes) is 3. The molecule has 0 aliphatic heterocycles. The van der Waals surface area contributed by atoms with Crippen molar-refractivity contribution in [1.82, 2.24) is 0 Å². The third-order valence-electron chi connectivity index (χ3n) is 2.50. The molecular formula is C12H17BrN2O2. The third kappa shape index (κ3) is 4.73. The first-order valence-electron chi connectivity index (χ1n) is 5.83. The summed E-state index contributed by atoms with van der Waals surface area (Å²) in [4.78, 5) is 10.2. The molecule has 0 saturated carbocycles. The number of nitro groups is 1. The normalized spacial score (nSPS) is 10.2. The van der Waals surface area contributed by atoms with Gasteiger partial charge in [0, 0.05) is 18.3 Å². The van der Waals surface area contributed by atoms with E-state index in [0.717, 1.165) is 18.7 Å². The quantitative estimate of drug-likeness (QED) is 0.463. The fourth-order valence-corrected chi connectivity index (χ4v) is 2.07. The van der Waals surface area contributed by atoms with Gasteiger partial charge in [-0.25, -0.2) is 0 Å². The Labute approximate surface area is 110 Å². The lowest BCUT2D eigenvalue weighted by Gasteiger charge is -2.06. The van der Waals surface area contributed by atoms with Gasteiger partial charge in [0.2, 0.25) is 0 Å². The van der Waals surface area contributed by atoms with E-state index in [4.69, 9.17) is 0 Å². The zero-order valence-corrected chi connectivity index (χ0v) is 11.5. The minimum Gasteiger partial charge on any atom is -0.385 e. The summed E-state index contributed by atoms with van der Waals surface area (Å²) in [6.45, 7) is 3.09. The predicted molar refractivity (Wildman–Crippen MR) is 73.4 cm³/mol. The zero-order valence-electron chi connectivity index (χ0n) is 9.91. The molecule has 0 aliphatic rings. The van der Waals surface area contributed by atoms with Gasteiger partial charge in [-0.15, -0.1) is 0 Å². The van der Waals surface area contributed by atoms with Crippen molar-refractivity contribution in [2.75, 3.05) is 11.9 Å². The van der Waals surface area contributed by atoms with Gasteiger partial charge in [-0.2, -0.15) is 0 Å². The molecule has 0 aliphatic carbocycles. The van der Waals surface area contributed by atoms with E-state index < -0.39 is 4.92 Å². The van der Waals surface area contributed by atoms with Gasteiger partial charge in [-0.3, -0.25) is 10.1 Å². The van der Waals surface area contributed by atoms with Gasteiger partial charge in [-0.1, -0.05) is 26.2 Å². The SMILES string of the molecule is CCCCCCNc1ccc([N+](=O)[O-])c(Br)c1. The van der Waals surface area contributed by atoms with E-state index in [1.54, 1.807) is 12.1 Å². The van der Waals surface area contributed by atoms with Crippen LogP contribution < -0.4 is 5.32 Å². The van der Waals surface area contributed by atoms with Crippen molar-refractivity contribution in [1.29, 1.82) is 0 Å². The van der Waals surface area contributed by atoms with Crippen LogP contribution in [0.25, 0.3) is 0 Å². The van der Waals surface area contributed by atoms with Crippen LogP contribution >= 0.6 is 15.9 Å². The molecule has 0 radical (unpaired) electrons. The van der Waals surface area contributed by atoms with Crippen molar-refractivity contribution < 1.29 is 4.92 Å². The second kappa shape index (κ2) is 7.27. The topological polar surface area (TPSA) is 55.2 Å². The van der Waals surface area contributed by atoms with Crippen LogP contribution in [0.1, 0.15) is 32.6 Å². The van der Waals surface area contributed by atoms with E-state index in [1.165, 1.54) is 25.3 Å². The number of nitrogens with one attached hydrogen (secondary N) is 1. The molecule has 1 aromatic rings. The van der Waals surface area contributed by atoms with E-state index in [-0.39, 0.29) is 5.69 Å². The second-order valence-electron chi connectivity index (χ2n) is 3.91. The molecule has 94 valence electrons. The molecular weight excluding hydrogens is 284 g/mol. The average molecular weight is 301 g/mol. The summed E-state index contributed by atoms with van der Waals surface area (Å²) in [6, 6.07) is 5.00. The van der Waals surface area contributed by atoms with Crippen LogP contribution in [0.15, 0.2) is 22.7 Å². The van der Waals surface area contributed by atoms with Crippen LogP contribution in [-0.2, 0) is 0 Å². The summed E-state index contributed by atoms with van der Waals surface area (Å²) < 4.78 is 0.515. The standard InChI is InChI=1S/C12H17BrN2O2/c1-2-3-4-5-8-14-10-6-7-12(15(16)17)11(13)9-10/h6-7,9,14H,2-5,8H2,1H3. The summed E-state index contributed by atoms with van der Waals surface area (Å²) in [6.07, 6.45) is 4.83. The number of benzene rings is 1. The van der Waals surface area contributed by atoms with Gasteiger partial charge in [0.25, 0.3) is 5.69 Å². The lowest BCUT2D eigenvalue weighted by Crippen LogP contribution is -2.01. The molecule has 0 atom stereocenters. The highest BCUT2D eigenvalue weighted by Gasteiger charge is 2.11. The number of rotatable bonds is 7. The Morgan fingerprint density at radius 3 is 2.71 bits per heavy atom. The van der Waals surface area contributed by atoms with Gasteiger partial charge < -0.3 is 5.32 Å². The Bertz CT molecular complexity index is 383. The largest absolute Gasteiger partial charge is 0.385 e. The Hall–Kier alpha value is -1.10. The van der Waals surface area contributed by atoms with Gasteiger partial charge in [-0.05, 0) is 34.5 Å². The number of hydrogen-bond donors (Lipinski definition) is 1. The maximum Gasteiger partial charge on any atom is 0.283 e. The highest BCUT2D eigenvalue weighted by Crippen LogP contribution is 2.27. The van der Waals surface area contributed by atoms with Crippen molar-refractivity contribution in [3.63, 3.8) is 0 Å². The van der Waals surface area contributed by atoms with Gasteiger partial charge in [0.15, 0.2) is 0 Å². The maximum atomic E-state index is 10.6. The van der Waals surface area contributed by atoms with Crippen LogP contribution in [-0.4, -0.2) is 11.5 Å². The number of hydrogen-bond acceptors (Lipinski definition) is 3. The molecule has 4 nitrogen and oxygen atoms in total. The second-order valence-corrected chi connectivity index (χ2v) is 4.77. The molecule has 0 aromatic heterocycles. The van der Waals surface area contributed by atoms with Crippen molar-refractivity contribution in [3.05, 3.63) is 32.8 Å². The van der Waals surface area contributed by atoms with Gasteiger partial charge >= 0.3 is 0 Å². The van der Waals surface area contributed by atoms with E-state index in [0.29, 0.717) is 4.47 Å². The lowest BCUT2D eigenvalue weighted by atomic mass is 10.2. The van der Waals surface area contributed by atoms with E-state index >= 15 is 0 Å². The molecule has 0 bridgehead atoms. The molecule has 0 amide bonds.